The maximum absolute atomic E-state index is 10.8. The van der Waals surface area contributed by atoms with Gasteiger partial charge in [0.1, 0.15) is 0 Å². The van der Waals surface area contributed by atoms with Gasteiger partial charge in [-0.25, -0.2) is 9.59 Å². The number of carboxylic acid groups (broad SMARTS) is 1. The third-order valence-electron chi connectivity index (χ3n) is 1.36. The predicted octanol–water partition coefficient (Wildman–Crippen LogP) is 0.544. The molecular formula is C9H16ClNO4. The minimum absolute atomic E-state index is 0. The van der Waals surface area contributed by atoms with E-state index < -0.39 is 11.9 Å². The van der Waals surface area contributed by atoms with E-state index in [-0.39, 0.29) is 12.4 Å². The fourth-order valence-electron chi connectivity index (χ4n) is 0.741. The molecule has 0 heterocycles. The molecule has 15 heavy (non-hydrogen) atoms. The molecular weight excluding hydrogens is 222 g/mol. The highest BCUT2D eigenvalue weighted by Gasteiger charge is 1.98. The number of carbonyl (C=O) groups excluding carboxylic acids is 1. The van der Waals surface area contributed by atoms with E-state index in [0.29, 0.717) is 6.61 Å². The summed E-state index contributed by atoms with van der Waals surface area (Å²) >= 11 is 0. The van der Waals surface area contributed by atoms with E-state index >= 15 is 0 Å². The van der Waals surface area contributed by atoms with Gasteiger partial charge in [0.2, 0.25) is 0 Å². The first-order valence-electron chi connectivity index (χ1n) is 4.25. The highest BCUT2D eigenvalue weighted by molar-refractivity contribution is 5.90. The molecule has 1 N–H and O–H groups in total. The molecule has 0 spiro atoms. The second-order valence-corrected chi connectivity index (χ2v) is 3.00. The molecule has 0 aromatic carbocycles. The molecule has 0 saturated carbocycles. The molecule has 0 aliphatic heterocycles. The number of aliphatic carboxylic acids is 1. The van der Waals surface area contributed by atoms with E-state index in [9.17, 15) is 9.59 Å². The van der Waals surface area contributed by atoms with Crippen LogP contribution in [-0.2, 0) is 14.3 Å². The van der Waals surface area contributed by atoms with Gasteiger partial charge in [-0.15, -0.1) is 12.4 Å². The summed E-state index contributed by atoms with van der Waals surface area (Å²) in [5.41, 5.74) is 0. The van der Waals surface area contributed by atoms with Crippen LogP contribution in [0.5, 0.6) is 0 Å². The molecule has 0 rings (SSSR count). The summed E-state index contributed by atoms with van der Waals surface area (Å²) in [4.78, 5) is 22.8. The van der Waals surface area contributed by atoms with Crippen molar-refractivity contribution in [3.05, 3.63) is 12.2 Å². The van der Waals surface area contributed by atoms with E-state index in [2.05, 4.69) is 0 Å². The lowest BCUT2D eigenvalue weighted by molar-refractivity contribution is -0.138. The number of hydrogen-bond acceptors (Lipinski definition) is 4. The van der Waals surface area contributed by atoms with E-state index in [1.165, 1.54) is 0 Å². The summed E-state index contributed by atoms with van der Waals surface area (Å²) in [5, 5.41) is 8.21. The van der Waals surface area contributed by atoms with E-state index in [1.54, 1.807) is 0 Å². The smallest absolute Gasteiger partial charge is 0.331 e. The van der Waals surface area contributed by atoms with Crippen molar-refractivity contribution < 1.29 is 19.4 Å². The lowest BCUT2D eigenvalue weighted by Crippen LogP contribution is -2.15. The Balaban J connectivity index is 0. The predicted molar refractivity (Wildman–Crippen MR) is 58.2 cm³/mol. The van der Waals surface area contributed by atoms with E-state index in [0.717, 1.165) is 25.1 Å². The van der Waals surface area contributed by atoms with Gasteiger partial charge >= 0.3 is 11.9 Å². The highest BCUT2D eigenvalue weighted by atomic mass is 35.5. The first kappa shape index (κ1) is 16.4. The van der Waals surface area contributed by atoms with Gasteiger partial charge in [-0.05, 0) is 20.5 Å². The van der Waals surface area contributed by atoms with Crippen LogP contribution in [0.25, 0.3) is 0 Å². The molecule has 0 fully saturated rings. The van der Waals surface area contributed by atoms with Gasteiger partial charge in [0.15, 0.2) is 0 Å². The van der Waals surface area contributed by atoms with Crippen LogP contribution in [0.2, 0.25) is 0 Å². The fraction of sp³-hybridized carbons (Fsp3) is 0.556. The second-order valence-electron chi connectivity index (χ2n) is 3.00. The van der Waals surface area contributed by atoms with Crippen molar-refractivity contribution in [1.29, 1.82) is 0 Å². The van der Waals surface area contributed by atoms with Gasteiger partial charge in [0.25, 0.3) is 0 Å². The third kappa shape index (κ3) is 12.9. The van der Waals surface area contributed by atoms with Gasteiger partial charge in [0, 0.05) is 18.7 Å². The Labute approximate surface area is 95.1 Å². The summed E-state index contributed by atoms with van der Waals surface area (Å²) in [5.74, 6) is -1.78. The quantitative estimate of drug-likeness (QED) is 0.415. The molecule has 88 valence electrons. The number of nitrogens with zero attached hydrogens (tertiary/aromatic N) is 1. The maximum atomic E-state index is 10.8. The Hall–Kier alpha value is -1.07. The molecule has 0 aromatic rings. The van der Waals surface area contributed by atoms with E-state index in [4.69, 9.17) is 9.84 Å². The molecule has 0 saturated heterocycles. The van der Waals surface area contributed by atoms with Crippen LogP contribution in [0.4, 0.5) is 0 Å². The minimum atomic E-state index is -1.16. The first-order chi connectivity index (χ1) is 6.52. The van der Waals surface area contributed by atoms with Crippen molar-refractivity contribution in [2.45, 2.75) is 6.42 Å². The standard InChI is InChI=1S/C9H15NO4.ClH/c1-10(2)6-3-7-14-9(13)5-4-8(11)12;/h4-5H,3,6-7H2,1-2H3,(H,11,12);1H/b5-4+;. The lowest BCUT2D eigenvalue weighted by Gasteiger charge is -2.08. The van der Waals surface area contributed by atoms with Crippen molar-refractivity contribution in [3.63, 3.8) is 0 Å². The summed E-state index contributed by atoms with van der Waals surface area (Å²) < 4.78 is 4.73. The molecule has 5 nitrogen and oxygen atoms in total. The van der Waals surface area contributed by atoms with Crippen LogP contribution in [0.15, 0.2) is 12.2 Å². The average molecular weight is 238 g/mol. The Morgan fingerprint density at radius 1 is 1.33 bits per heavy atom. The van der Waals surface area contributed by atoms with Crippen molar-refractivity contribution >= 4 is 24.3 Å². The molecule has 0 atom stereocenters. The molecule has 0 amide bonds. The zero-order valence-corrected chi connectivity index (χ0v) is 9.62. The van der Waals surface area contributed by atoms with Crippen LogP contribution in [0.1, 0.15) is 6.42 Å². The van der Waals surface area contributed by atoms with Crippen molar-refractivity contribution in [1.82, 2.24) is 4.90 Å². The number of hydrogen-bond donors (Lipinski definition) is 1. The van der Waals surface area contributed by atoms with Crippen LogP contribution >= 0.6 is 12.4 Å². The third-order valence-corrected chi connectivity index (χ3v) is 1.36. The maximum Gasteiger partial charge on any atom is 0.331 e. The summed E-state index contributed by atoms with van der Waals surface area (Å²) in [6.45, 7) is 1.14. The number of carbonyl (C=O) groups is 2. The van der Waals surface area contributed by atoms with Crippen molar-refractivity contribution in [3.8, 4) is 0 Å². The number of rotatable bonds is 6. The zero-order valence-electron chi connectivity index (χ0n) is 8.80. The summed E-state index contributed by atoms with van der Waals surface area (Å²) in [6, 6.07) is 0. The average Bonchev–Trinajstić information content (AvgIpc) is 2.08. The Bertz CT molecular complexity index is 228. The number of halogens is 1. The Kier molecular flexibility index (Phi) is 10.3. The number of ether oxygens (including phenoxy) is 1. The molecule has 0 aliphatic carbocycles. The van der Waals surface area contributed by atoms with E-state index in [1.807, 2.05) is 19.0 Å². The van der Waals surface area contributed by atoms with Crippen LogP contribution in [-0.4, -0.2) is 49.2 Å². The number of carboxylic acids is 1. The first-order valence-corrected chi connectivity index (χ1v) is 4.25. The fourth-order valence-corrected chi connectivity index (χ4v) is 0.741. The van der Waals surface area contributed by atoms with Crippen LogP contribution < -0.4 is 0 Å². The summed E-state index contributed by atoms with van der Waals surface area (Å²) in [7, 11) is 3.85. The van der Waals surface area contributed by atoms with Gasteiger partial charge < -0.3 is 14.7 Å². The SMILES string of the molecule is CN(C)CCCOC(=O)/C=C/C(=O)O.Cl. The normalized spacial score (nSPS) is 10.1. The minimum Gasteiger partial charge on any atom is -0.478 e. The molecule has 0 aliphatic rings. The Morgan fingerprint density at radius 3 is 2.40 bits per heavy atom. The van der Waals surface area contributed by atoms with Crippen molar-refractivity contribution in [2.24, 2.45) is 0 Å². The second kappa shape index (κ2) is 9.48. The molecule has 0 radical (unpaired) electrons. The summed E-state index contributed by atoms with van der Waals surface area (Å²) in [6.07, 6.45) is 2.39. The Morgan fingerprint density at radius 2 is 1.93 bits per heavy atom. The van der Waals surface area contributed by atoms with Gasteiger partial charge in [-0.1, -0.05) is 0 Å². The van der Waals surface area contributed by atoms with Crippen molar-refractivity contribution in [2.75, 3.05) is 27.2 Å². The van der Waals surface area contributed by atoms with Crippen LogP contribution in [0, 0.1) is 0 Å². The molecule has 6 heteroatoms. The molecule has 0 aromatic heterocycles. The monoisotopic (exact) mass is 237 g/mol. The van der Waals surface area contributed by atoms with Gasteiger partial charge in [0.05, 0.1) is 6.61 Å². The molecule has 0 unspecified atom stereocenters. The van der Waals surface area contributed by atoms with Crippen LogP contribution in [0.3, 0.4) is 0 Å². The number of esters is 1. The molecule has 0 bridgehead atoms. The topological polar surface area (TPSA) is 66.8 Å². The highest BCUT2D eigenvalue weighted by Crippen LogP contribution is 1.88. The lowest BCUT2D eigenvalue weighted by atomic mass is 10.4. The zero-order chi connectivity index (χ0) is 11.0. The van der Waals surface area contributed by atoms with Gasteiger partial charge in [-0.2, -0.15) is 0 Å². The van der Waals surface area contributed by atoms with Gasteiger partial charge in [-0.3, -0.25) is 0 Å². The largest absolute Gasteiger partial charge is 0.478 e.